The van der Waals surface area contributed by atoms with Crippen molar-refractivity contribution < 1.29 is 0 Å². The van der Waals surface area contributed by atoms with Gasteiger partial charge >= 0.3 is 0 Å². The van der Waals surface area contributed by atoms with Gasteiger partial charge < -0.3 is 0 Å². The summed E-state index contributed by atoms with van der Waals surface area (Å²) in [6.45, 7) is 3.61. The van der Waals surface area contributed by atoms with Gasteiger partial charge in [-0.15, -0.1) is 16.8 Å². The van der Waals surface area contributed by atoms with Gasteiger partial charge in [-0.3, -0.25) is 0 Å². The lowest BCUT2D eigenvalue weighted by molar-refractivity contribution is 1.01. The van der Waals surface area contributed by atoms with Crippen molar-refractivity contribution in [3.8, 4) is 0 Å². The molecule has 1 aromatic rings. The first-order valence-corrected chi connectivity index (χ1v) is 5.80. The molecular formula is C5H6N2S3. The molecule has 2 nitrogen and oxygen atoms in total. The van der Waals surface area contributed by atoms with Crippen molar-refractivity contribution in [1.82, 2.24) is 10.2 Å². The fourth-order valence-corrected chi connectivity index (χ4v) is 2.92. The Kier molecular flexibility index (Phi) is 3.86. The third kappa shape index (κ3) is 2.72. The molecule has 10 heavy (non-hydrogen) atoms. The van der Waals surface area contributed by atoms with Crippen LogP contribution in [0.4, 0.5) is 0 Å². The average Bonchev–Trinajstić information content (AvgIpc) is 2.41. The van der Waals surface area contributed by atoms with Crippen molar-refractivity contribution in [2.45, 2.75) is 4.34 Å². The van der Waals surface area contributed by atoms with Crippen LogP contribution in [0.5, 0.6) is 0 Å². The highest BCUT2D eigenvalue weighted by atomic mass is 33.1. The van der Waals surface area contributed by atoms with Crippen LogP contribution >= 0.6 is 32.9 Å². The van der Waals surface area contributed by atoms with Gasteiger partial charge in [0.2, 0.25) is 0 Å². The van der Waals surface area contributed by atoms with Crippen LogP contribution in [0.2, 0.25) is 0 Å². The average molecular weight is 190 g/mol. The number of hydrogen-bond donors (Lipinski definition) is 0. The number of hydrogen-bond acceptors (Lipinski definition) is 5. The van der Waals surface area contributed by atoms with E-state index in [-0.39, 0.29) is 0 Å². The molecular weight excluding hydrogens is 184 g/mol. The summed E-state index contributed by atoms with van der Waals surface area (Å²) in [6, 6.07) is 0. The molecule has 0 unspecified atom stereocenters. The molecule has 0 radical (unpaired) electrons. The summed E-state index contributed by atoms with van der Waals surface area (Å²) in [5.74, 6) is 0.949. The maximum absolute atomic E-state index is 3.86. The summed E-state index contributed by atoms with van der Waals surface area (Å²) in [7, 11) is 3.36. The molecule has 0 aliphatic heterocycles. The quantitative estimate of drug-likeness (QED) is 0.414. The largest absolute Gasteiger partial charge is 0.184 e. The minimum absolute atomic E-state index is 0.949. The lowest BCUT2D eigenvalue weighted by atomic mass is 10.8. The Labute approximate surface area is 71.5 Å². The minimum atomic E-state index is 0.949. The molecule has 0 saturated carbocycles. The fraction of sp³-hybridized carbons (Fsp3) is 0.200. The second-order valence-corrected chi connectivity index (χ2v) is 4.78. The zero-order valence-electron chi connectivity index (χ0n) is 5.19. The Hall–Kier alpha value is -0.0000000000000000833. The third-order valence-electron chi connectivity index (χ3n) is 0.656. The van der Waals surface area contributed by atoms with Crippen LogP contribution in [0, 0.1) is 0 Å². The maximum Gasteiger partial charge on any atom is 0.184 e. The number of rotatable bonds is 4. The monoisotopic (exact) mass is 190 g/mol. The Morgan fingerprint density at radius 3 is 3.30 bits per heavy atom. The molecule has 0 aliphatic carbocycles. The van der Waals surface area contributed by atoms with Crippen molar-refractivity contribution in [2.24, 2.45) is 0 Å². The zero-order chi connectivity index (χ0) is 7.23. The molecule has 0 N–H and O–H groups in total. The first-order chi connectivity index (χ1) is 4.93. The van der Waals surface area contributed by atoms with Gasteiger partial charge in [-0.25, -0.2) is 0 Å². The van der Waals surface area contributed by atoms with Gasteiger partial charge in [-0.1, -0.05) is 28.2 Å². The fourth-order valence-electron chi connectivity index (χ4n) is 0.332. The molecule has 1 aromatic heterocycles. The van der Waals surface area contributed by atoms with Crippen LogP contribution in [0.15, 0.2) is 22.5 Å². The lowest BCUT2D eigenvalue weighted by Gasteiger charge is -1.88. The van der Waals surface area contributed by atoms with Crippen LogP contribution < -0.4 is 0 Å². The Balaban J connectivity index is 2.21. The van der Waals surface area contributed by atoms with E-state index in [0.717, 1.165) is 10.1 Å². The summed E-state index contributed by atoms with van der Waals surface area (Å²) in [4.78, 5) is 0. The second kappa shape index (κ2) is 4.76. The molecule has 1 heterocycles. The smallest absolute Gasteiger partial charge is 0.146 e. The van der Waals surface area contributed by atoms with E-state index >= 15 is 0 Å². The first kappa shape index (κ1) is 8.10. The summed E-state index contributed by atoms with van der Waals surface area (Å²) in [5.41, 5.74) is 1.73. The number of nitrogens with zero attached hydrogens (tertiary/aromatic N) is 2. The molecule has 0 spiro atoms. The van der Waals surface area contributed by atoms with E-state index in [0.29, 0.717) is 0 Å². The predicted molar refractivity (Wildman–Crippen MR) is 48.4 cm³/mol. The summed E-state index contributed by atoms with van der Waals surface area (Å²) in [5, 5.41) is 7.57. The summed E-state index contributed by atoms with van der Waals surface area (Å²) < 4.78 is 1.01. The van der Waals surface area contributed by atoms with E-state index in [1.807, 2.05) is 6.08 Å². The second-order valence-electron chi connectivity index (χ2n) is 1.36. The first-order valence-electron chi connectivity index (χ1n) is 2.60. The van der Waals surface area contributed by atoms with Crippen molar-refractivity contribution in [3.63, 3.8) is 0 Å². The lowest BCUT2D eigenvalue weighted by Crippen LogP contribution is -1.66. The Morgan fingerprint density at radius 2 is 2.70 bits per heavy atom. The Bertz CT molecular complexity index is 185. The van der Waals surface area contributed by atoms with Gasteiger partial charge in [-0.2, -0.15) is 0 Å². The third-order valence-corrected chi connectivity index (χ3v) is 3.94. The van der Waals surface area contributed by atoms with Gasteiger partial charge in [-0.05, 0) is 10.8 Å². The van der Waals surface area contributed by atoms with E-state index in [2.05, 4.69) is 16.8 Å². The standard InChI is InChI=1S/C5H6N2S3/c1-2-3-9-10-5-7-6-4-8-5/h2,4H,1,3H2. The van der Waals surface area contributed by atoms with Crippen LogP contribution in [-0.2, 0) is 0 Å². The van der Waals surface area contributed by atoms with Crippen molar-refractivity contribution in [2.75, 3.05) is 5.75 Å². The van der Waals surface area contributed by atoms with Crippen LogP contribution in [0.25, 0.3) is 0 Å². The Morgan fingerprint density at radius 1 is 1.80 bits per heavy atom. The molecule has 0 aromatic carbocycles. The van der Waals surface area contributed by atoms with Gasteiger partial charge in [0.25, 0.3) is 0 Å². The van der Waals surface area contributed by atoms with Crippen molar-refractivity contribution in [1.29, 1.82) is 0 Å². The molecule has 0 atom stereocenters. The van der Waals surface area contributed by atoms with E-state index in [1.54, 1.807) is 38.4 Å². The molecule has 0 saturated heterocycles. The minimum Gasteiger partial charge on any atom is -0.146 e. The van der Waals surface area contributed by atoms with Crippen LogP contribution in [0.3, 0.4) is 0 Å². The number of aromatic nitrogens is 2. The van der Waals surface area contributed by atoms with Crippen LogP contribution in [-0.4, -0.2) is 16.0 Å². The van der Waals surface area contributed by atoms with E-state index in [9.17, 15) is 0 Å². The SMILES string of the molecule is C=CCSSc1nncs1. The predicted octanol–water partition coefficient (Wildman–Crippen LogP) is 2.46. The highest BCUT2D eigenvalue weighted by Crippen LogP contribution is 2.31. The van der Waals surface area contributed by atoms with E-state index < -0.39 is 0 Å². The molecule has 0 fully saturated rings. The normalized spacial score (nSPS) is 9.60. The van der Waals surface area contributed by atoms with Gasteiger partial charge in [0, 0.05) is 5.75 Å². The molecule has 54 valence electrons. The topological polar surface area (TPSA) is 25.8 Å². The molecule has 0 bridgehead atoms. The molecule has 0 amide bonds. The van der Waals surface area contributed by atoms with Crippen molar-refractivity contribution in [3.05, 3.63) is 18.2 Å². The van der Waals surface area contributed by atoms with Gasteiger partial charge in [0.15, 0.2) is 4.34 Å². The van der Waals surface area contributed by atoms with Crippen molar-refractivity contribution >= 4 is 32.9 Å². The van der Waals surface area contributed by atoms with E-state index in [4.69, 9.17) is 0 Å². The highest BCUT2D eigenvalue weighted by molar-refractivity contribution is 8.77. The van der Waals surface area contributed by atoms with Gasteiger partial charge in [0.1, 0.15) is 5.51 Å². The van der Waals surface area contributed by atoms with Gasteiger partial charge in [0.05, 0.1) is 0 Å². The molecule has 1 rings (SSSR count). The summed E-state index contributed by atoms with van der Waals surface area (Å²) in [6.07, 6.45) is 1.87. The zero-order valence-corrected chi connectivity index (χ0v) is 7.64. The maximum atomic E-state index is 3.86. The summed E-state index contributed by atoms with van der Waals surface area (Å²) >= 11 is 1.56. The highest BCUT2D eigenvalue weighted by Gasteiger charge is 1.94. The molecule has 0 aliphatic rings. The van der Waals surface area contributed by atoms with E-state index in [1.165, 1.54) is 0 Å². The van der Waals surface area contributed by atoms with Crippen LogP contribution in [0.1, 0.15) is 0 Å². The molecule has 5 heteroatoms.